The number of carbonyl (C=O) groups is 1. The van der Waals surface area contributed by atoms with E-state index in [4.69, 9.17) is 5.11 Å². The SMILES string of the molecule is CCC.CCN(CCCO)CCNC(=O)NC. The highest BCUT2D eigenvalue weighted by molar-refractivity contribution is 5.73. The Morgan fingerprint density at radius 3 is 2.24 bits per heavy atom. The maximum absolute atomic E-state index is 10.8. The van der Waals surface area contributed by atoms with E-state index in [2.05, 4.69) is 36.3 Å². The molecular weight excluding hydrogens is 218 g/mol. The number of hydrogen-bond donors (Lipinski definition) is 3. The molecule has 0 saturated carbocycles. The smallest absolute Gasteiger partial charge is 0.314 e. The molecule has 2 amide bonds. The zero-order valence-corrected chi connectivity index (χ0v) is 11.8. The Labute approximate surface area is 106 Å². The largest absolute Gasteiger partial charge is 0.396 e. The summed E-state index contributed by atoms with van der Waals surface area (Å²) in [5, 5.41) is 13.9. The van der Waals surface area contributed by atoms with E-state index in [9.17, 15) is 4.79 Å². The average molecular weight is 247 g/mol. The van der Waals surface area contributed by atoms with E-state index >= 15 is 0 Å². The molecule has 0 radical (unpaired) electrons. The number of carbonyl (C=O) groups excluding carboxylic acids is 1. The van der Waals surface area contributed by atoms with E-state index in [0.29, 0.717) is 6.54 Å². The predicted molar refractivity (Wildman–Crippen MR) is 72.2 cm³/mol. The van der Waals surface area contributed by atoms with Crippen molar-refractivity contribution in [1.82, 2.24) is 15.5 Å². The minimum absolute atomic E-state index is 0.150. The molecule has 0 saturated heterocycles. The molecule has 0 unspecified atom stereocenters. The molecule has 0 aromatic rings. The van der Waals surface area contributed by atoms with Crippen LogP contribution in [0, 0.1) is 0 Å². The summed E-state index contributed by atoms with van der Waals surface area (Å²) in [7, 11) is 1.60. The Hall–Kier alpha value is -0.810. The van der Waals surface area contributed by atoms with Crippen LogP contribution < -0.4 is 10.6 Å². The summed E-state index contributed by atoms with van der Waals surface area (Å²) in [6.45, 7) is 9.82. The van der Waals surface area contributed by atoms with Gasteiger partial charge in [0.15, 0.2) is 0 Å². The molecule has 5 nitrogen and oxygen atoms in total. The minimum Gasteiger partial charge on any atom is -0.396 e. The van der Waals surface area contributed by atoms with Crippen LogP contribution in [0.1, 0.15) is 33.6 Å². The van der Waals surface area contributed by atoms with Crippen molar-refractivity contribution < 1.29 is 9.90 Å². The number of hydrogen-bond acceptors (Lipinski definition) is 3. The van der Waals surface area contributed by atoms with Crippen LogP contribution in [0.25, 0.3) is 0 Å². The highest BCUT2D eigenvalue weighted by Crippen LogP contribution is 1.89. The second kappa shape index (κ2) is 15.2. The topological polar surface area (TPSA) is 64.6 Å². The molecule has 0 rings (SSSR count). The van der Waals surface area contributed by atoms with Crippen LogP contribution >= 0.6 is 0 Å². The van der Waals surface area contributed by atoms with E-state index in [0.717, 1.165) is 26.1 Å². The Morgan fingerprint density at radius 2 is 1.82 bits per heavy atom. The molecule has 0 atom stereocenters. The molecule has 0 bridgehead atoms. The molecule has 0 fully saturated rings. The fourth-order valence-electron chi connectivity index (χ4n) is 1.14. The first-order valence-corrected chi connectivity index (χ1v) is 6.44. The molecule has 0 spiro atoms. The van der Waals surface area contributed by atoms with Crippen LogP contribution in [0.5, 0.6) is 0 Å². The van der Waals surface area contributed by atoms with E-state index in [-0.39, 0.29) is 12.6 Å². The molecule has 104 valence electrons. The number of rotatable bonds is 7. The second-order valence-electron chi connectivity index (χ2n) is 3.72. The van der Waals surface area contributed by atoms with Crippen molar-refractivity contribution in [2.75, 3.05) is 39.8 Å². The highest BCUT2D eigenvalue weighted by Gasteiger charge is 2.01. The van der Waals surface area contributed by atoms with Gasteiger partial charge >= 0.3 is 6.03 Å². The number of urea groups is 1. The fraction of sp³-hybridized carbons (Fsp3) is 0.917. The minimum atomic E-state index is -0.150. The number of nitrogens with zero attached hydrogens (tertiary/aromatic N) is 1. The zero-order chi connectivity index (χ0) is 13.5. The lowest BCUT2D eigenvalue weighted by Crippen LogP contribution is -2.39. The Bertz CT molecular complexity index is 166. The summed E-state index contributed by atoms with van der Waals surface area (Å²) in [5.74, 6) is 0. The molecule has 5 heteroatoms. The fourth-order valence-corrected chi connectivity index (χ4v) is 1.14. The molecule has 3 N–H and O–H groups in total. The summed E-state index contributed by atoms with van der Waals surface area (Å²) in [6.07, 6.45) is 2.04. The lowest BCUT2D eigenvalue weighted by Gasteiger charge is -2.19. The van der Waals surface area contributed by atoms with Gasteiger partial charge in [-0.2, -0.15) is 0 Å². The first kappa shape index (κ1) is 18.6. The van der Waals surface area contributed by atoms with Gasteiger partial charge in [-0.25, -0.2) is 4.79 Å². The van der Waals surface area contributed by atoms with Crippen molar-refractivity contribution in [1.29, 1.82) is 0 Å². The first-order chi connectivity index (χ1) is 8.15. The van der Waals surface area contributed by atoms with Crippen molar-refractivity contribution in [2.45, 2.75) is 33.6 Å². The summed E-state index contributed by atoms with van der Waals surface area (Å²) >= 11 is 0. The van der Waals surface area contributed by atoms with Gasteiger partial charge in [-0.05, 0) is 13.0 Å². The standard InChI is InChI=1S/C9H21N3O2.C3H8/c1-3-12(6-4-8-13)7-5-11-9(14)10-2;1-3-2/h13H,3-8H2,1-2H3,(H2,10,11,14);3H2,1-2H3. The van der Waals surface area contributed by atoms with Crippen molar-refractivity contribution in [3.05, 3.63) is 0 Å². The second-order valence-corrected chi connectivity index (χ2v) is 3.72. The monoisotopic (exact) mass is 247 g/mol. The van der Waals surface area contributed by atoms with E-state index in [1.54, 1.807) is 7.05 Å². The van der Waals surface area contributed by atoms with Gasteiger partial charge in [-0.1, -0.05) is 27.2 Å². The van der Waals surface area contributed by atoms with Gasteiger partial charge < -0.3 is 20.6 Å². The lowest BCUT2D eigenvalue weighted by atomic mass is 10.4. The predicted octanol–water partition coefficient (Wildman–Crippen LogP) is 1.04. The average Bonchev–Trinajstić information content (AvgIpc) is 2.34. The van der Waals surface area contributed by atoms with Gasteiger partial charge in [0.05, 0.1) is 0 Å². The van der Waals surface area contributed by atoms with Gasteiger partial charge in [0.25, 0.3) is 0 Å². The van der Waals surface area contributed by atoms with Crippen LogP contribution in [0.4, 0.5) is 4.79 Å². The number of amides is 2. The number of aliphatic hydroxyl groups is 1. The van der Waals surface area contributed by atoms with Gasteiger partial charge in [-0.3, -0.25) is 0 Å². The molecule has 0 aliphatic heterocycles. The Morgan fingerprint density at radius 1 is 1.24 bits per heavy atom. The van der Waals surface area contributed by atoms with Crippen LogP contribution in [0.15, 0.2) is 0 Å². The normalized spacial score (nSPS) is 9.53. The highest BCUT2D eigenvalue weighted by atomic mass is 16.3. The summed E-state index contributed by atoms with van der Waals surface area (Å²) in [4.78, 5) is 13.0. The number of aliphatic hydroxyl groups excluding tert-OH is 1. The molecular formula is C12H29N3O2. The maximum atomic E-state index is 10.8. The van der Waals surface area contributed by atoms with Gasteiger partial charge in [0.1, 0.15) is 0 Å². The number of likely N-dealkylation sites (N-methyl/N-ethyl adjacent to an activating group) is 1. The summed E-state index contributed by atoms with van der Waals surface area (Å²) in [6, 6.07) is -0.150. The van der Waals surface area contributed by atoms with Crippen LogP contribution in [-0.4, -0.2) is 55.9 Å². The third-order valence-electron chi connectivity index (χ3n) is 2.02. The molecule has 0 aliphatic rings. The Kier molecular flexibility index (Phi) is 16.6. The van der Waals surface area contributed by atoms with Gasteiger partial charge in [0, 0.05) is 33.3 Å². The first-order valence-electron chi connectivity index (χ1n) is 6.44. The van der Waals surface area contributed by atoms with Gasteiger partial charge in [-0.15, -0.1) is 0 Å². The molecule has 0 heterocycles. The number of nitrogens with one attached hydrogen (secondary N) is 2. The van der Waals surface area contributed by atoms with Crippen LogP contribution in [-0.2, 0) is 0 Å². The molecule has 0 aromatic carbocycles. The third kappa shape index (κ3) is 15.2. The van der Waals surface area contributed by atoms with Crippen molar-refractivity contribution in [3.8, 4) is 0 Å². The van der Waals surface area contributed by atoms with Crippen LogP contribution in [0.3, 0.4) is 0 Å². The maximum Gasteiger partial charge on any atom is 0.314 e. The molecule has 17 heavy (non-hydrogen) atoms. The lowest BCUT2D eigenvalue weighted by molar-refractivity contribution is 0.224. The van der Waals surface area contributed by atoms with Gasteiger partial charge in [0.2, 0.25) is 0 Å². The molecule has 0 aliphatic carbocycles. The summed E-state index contributed by atoms with van der Waals surface area (Å²) in [5.41, 5.74) is 0. The zero-order valence-electron chi connectivity index (χ0n) is 11.8. The Balaban J connectivity index is 0. The van der Waals surface area contributed by atoms with Crippen molar-refractivity contribution in [3.63, 3.8) is 0 Å². The molecule has 0 aromatic heterocycles. The van der Waals surface area contributed by atoms with Crippen molar-refractivity contribution >= 4 is 6.03 Å². The third-order valence-corrected chi connectivity index (χ3v) is 2.02. The van der Waals surface area contributed by atoms with E-state index in [1.807, 2.05) is 0 Å². The van der Waals surface area contributed by atoms with Crippen molar-refractivity contribution in [2.24, 2.45) is 0 Å². The summed E-state index contributed by atoms with van der Waals surface area (Å²) < 4.78 is 0. The van der Waals surface area contributed by atoms with E-state index < -0.39 is 0 Å². The van der Waals surface area contributed by atoms with Crippen LogP contribution in [0.2, 0.25) is 0 Å². The quantitative estimate of drug-likeness (QED) is 0.630. The van der Waals surface area contributed by atoms with E-state index in [1.165, 1.54) is 6.42 Å².